The van der Waals surface area contributed by atoms with E-state index in [9.17, 15) is 18.0 Å². The van der Waals surface area contributed by atoms with Crippen LogP contribution in [0.2, 0.25) is 0 Å². The molecule has 11 nitrogen and oxygen atoms in total. The van der Waals surface area contributed by atoms with Crippen LogP contribution in [-0.4, -0.2) is 51.5 Å². The molecule has 4 aromatic rings. The van der Waals surface area contributed by atoms with Gasteiger partial charge in [0, 0.05) is 36.5 Å². The van der Waals surface area contributed by atoms with Gasteiger partial charge < -0.3 is 9.73 Å². The fourth-order valence-corrected chi connectivity index (χ4v) is 5.58. The van der Waals surface area contributed by atoms with Gasteiger partial charge in [0.2, 0.25) is 16.0 Å². The van der Waals surface area contributed by atoms with E-state index in [1.54, 1.807) is 25.1 Å². The van der Waals surface area contributed by atoms with Crippen molar-refractivity contribution in [2.75, 3.05) is 18.4 Å². The lowest BCUT2D eigenvalue weighted by Gasteiger charge is -2.25. The molecule has 0 aliphatic carbocycles. The number of hydrogen-bond donors (Lipinski definition) is 2. The maximum absolute atomic E-state index is 13.1. The molecule has 1 aliphatic heterocycles. The third kappa shape index (κ3) is 4.72. The van der Waals surface area contributed by atoms with Crippen molar-refractivity contribution < 1.29 is 17.6 Å². The zero-order chi connectivity index (χ0) is 25.3. The van der Waals surface area contributed by atoms with Crippen LogP contribution in [0.1, 0.15) is 35.3 Å². The quantitative estimate of drug-likeness (QED) is 0.408. The summed E-state index contributed by atoms with van der Waals surface area (Å²) in [6, 6.07) is 12.2. The Labute approximate surface area is 206 Å². The van der Waals surface area contributed by atoms with Crippen molar-refractivity contribution in [1.29, 1.82) is 0 Å². The molecule has 0 bridgehead atoms. The standard InChI is InChI=1S/C24H24N6O5S/c1-16-14-22(31)27-24(25-16)30-21(15-19(28-30)20-6-5-13-35-20)26-23(32)17-7-9-18(10-8-17)36(33,34)29-11-3-2-4-12-29/h5-10,13-15H,2-4,11-12H2,1H3,(H,26,32)(H,25,27,31). The Hall–Kier alpha value is -4.03. The summed E-state index contributed by atoms with van der Waals surface area (Å²) in [6.07, 6.45) is 4.21. The number of hydrogen-bond acceptors (Lipinski definition) is 7. The van der Waals surface area contributed by atoms with Gasteiger partial charge in [-0.15, -0.1) is 0 Å². The van der Waals surface area contributed by atoms with E-state index in [1.165, 1.54) is 45.6 Å². The van der Waals surface area contributed by atoms with Gasteiger partial charge in [0.1, 0.15) is 11.5 Å². The Balaban J connectivity index is 1.43. The van der Waals surface area contributed by atoms with Gasteiger partial charge in [0.05, 0.1) is 11.2 Å². The van der Waals surface area contributed by atoms with E-state index in [2.05, 4.69) is 20.4 Å². The fourth-order valence-electron chi connectivity index (χ4n) is 4.06. The molecule has 1 aliphatic rings. The van der Waals surface area contributed by atoms with Gasteiger partial charge in [-0.1, -0.05) is 6.42 Å². The molecule has 1 saturated heterocycles. The van der Waals surface area contributed by atoms with Crippen LogP contribution in [0.4, 0.5) is 5.82 Å². The zero-order valence-electron chi connectivity index (χ0n) is 19.5. The van der Waals surface area contributed by atoms with E-state index in [1.807, 2.05) is 0 Å². The third-order valence-corrected chi connectivity index (χ3v) is 7.76. The molecule has 1 aromatic carbocycles. The number of amides is 1. The molecule has 0 spiro atoms. The summed E-state index contributed by atoms with van der Waals surface area (Å²) >= 11 is 0. The lowest BCUT2D eigenvalue weighted by molar-refractivity contribution is 0.102. The number of benzene rings is 1. The molecule has 0 unspecified atom stereocenters. The second-order valence-electron chi connectivity index (χ2n) is 8.46. The minimum absolute atomic E-state index is 0.121. The minimum atomic E-state index is -3.60. The summed E-state index contributed by atoms with van der Waals surface area (Å²) in [7, 11) is -3.60. The predicted molar refractivity (Wildman–Crippen MR) is 131 cm³/mol. The second kappa shape index (κ2) is 9.55. The minimum Gasteiger partial charge on any atom is -0.463 e. The van der Waals surface area contributed by atoms with Crippen LogP contribution in [0.25, 0.3) is 17.4 Å². The van der Waals surface area contributed by atoms with Crippen LogP contribution in [0.3, 0.4) is 0 Å². The smallest absolute Gasteiger partial charge is 0.256 e. The molecule has 186 valence electrons. The Morgan fingerprint density at radius 1 is 1.08 bits per heavy atom. The highest BCUT2D eigenvalue weighted by Gasteiger charge is 2.26. The molecule has 36 heavy (non-hydrogen) atoms. The van der Waals surface area contributed by atoms with E-state index in [-0.39, 0.29) is 27.8 Å². The van der Waals surface area contributed by atoms with Crippen molar-refractivity contribution in [3.05, 3.63) is 76.4 Å². The Kier molecular flexibility index (Phi) is 6.29. The molecule has 1 amide bonds. The molecule has 0 saturated carbocycles. The molecule has 1 fully saturated rings. The molecule has 0 atom stereocenters. The summed E-state index contributed by atoms with van der Waals surface area (Å²) in [5.41, 5.74) is 0.787. The molecule has 0 radical (unpaired) electrons. The van der Waals surface area contributed by atoms with Crippen LogP contribution >= 0.6 is 0 Å². The van der Waals surface area contributed by atoms with E-state index >= 15 is 0 Å². The summed E-state index contributed by atoms with van der Waals surface area (Å²) < 4.78 is 34.0. The average Bonchev–Trinajstić information content (AvgIpc) is 3.54. The molecule has 2 N–H and O–H groups in total. The van der Waals surface area contributed by atoms with Gasteiger partial charge >= 0.3 is 0 Å². The maximum Gasteiger partial charge on any atom is 0.256 e. The summed E-state index contributed by atoms with van der Waals surface area (Å²) in [5.74, 6) is 0.340. The van der Waals surface area contributed by atoms with Gasteiger partial charge in [0.25, 0.3) is 11.5 Å². The van der Waals surface area contributed by atoms with Crippen molar-refractivity contribution in [2.24, 2.45) is 0 Å². The topological polar surface area (TPSA) is 143 Å². The first-order valence-electron chi connectivity index (χ1n) is 11.5. The highest BCUT2D eigenvalue weighted by atomic mass is 32.2. The Bertz CT molecular complexity index is 1550. The van der Waals surface area contributed by atoms with E-state index in [0.29, 0.717) is 30.2 Å². The third-order valence-electron chi connectivity index (χ3n) is 5.85. The fraction of sp³-hybridized carbons (Fsp3) is 0.250. The number of nitrogens with one attached hydrogen (secondary N) is 2. The summed E-state index contributed by atoms with van der Waals surface area (Å²) in [4.78, 5) is 32.1. The Morgan fingerprint density at radius 3 is 2.50 bits per heavy atom. The number of aromatic amines is 1. The predicted octanol–water partition coefficient (Wildman–Crippen LogP) is 2.95. The summed E-state index contributed by atoms with van der Waals surface area (Å²) in [5, 5.41) is 7.21. The number of rotatable bonds is 6. The highest BCUT2D eigenvalue weighted by Crippen LogP contribution is 2.25. The average molecular weight is 509 g/mol. The van der Waals surface area contributed by atoms with Crippen LogP contribution in [-0.2, 0) is 10.0 Å². The lowest BCUT2D eigenvalue weighted by Crippen LogP contribution is -2.35. The second-order valence-corrected chi connectivity index (χ2v) is 10.4. The van der Waals surface area contributed by atoms with Crippen LogP contribution in [0.5, 0.6) is 0 Å². The molecule has 4 heterocycles. The molecule has 3 aromatic heterocycles. The number of aromatic nitrogens is 4. The maximum atomic E-state index is 13.1. The van der Waals surface area contributed by atoms with Gasteiger partial charge in [-0.2, -0.15) is 14.1 Å². The van der Waals surface area contributed by atoms with Crippen LogP contribution in [0.15, 0.2) is 68.9 Å². The van der Waals surface area contributed by atoms with Gasteiger partial charge in [-0.05, 0) is 56.2 Å². The lowest BCUT2D eigenvalue weighted by atomic mass is 10.2. The van der Waals surface area contributed by atoms with Gasteiger partial charge in [-0.25, -0.2) is 13.4 Å². The van der Waals surface area contributed by atoms with Crippen molar-refractivity contribution >= 4 is 21.7 Å². The first-order valence-corrected chi connectivity index (χ1v) is 12.9. The van der Waals surface area contributed by atoms with E-state index in [0.717, 1.165) is 19.3 Å². The van der Waals surface area contributed by atoms with Crippen molar-refractivity contribution in [3.8, 4) is 17.4 Å². The van der Waals surface area contributed by atoms with Crippen molar-refractivity contribution in [1.82, 2.24) is 24.1 Å². The number of sulfonamides is 1. The number of carbonyl (C=O) groups excluding carboxylic acids is 1. The van der Waals surface area contributed by atoms with E-state index < -0.39 is 15.9 Å². The number of anilines is 1. The number of aryl methyl sites for hydroxylation is 1. The van der Waals surface area contributed by atoms with Crippen LogP contribution < -0.4 is 10.9 Å². The Morgan fingerprint density at radius 2 is 1.83 bits per heavy atom. The molecule has 5 rings (SSSR count). The molecule has 12 heteroatoms. The van der Waals surface area contributed by atoms with E-state index in [4.69, 9.17) is 4.42 Å². The number of piperidine rings is 1. The van der Waals surface area contributed by atoms with Gasteiger partial charge in [-0.3, -0.25) is 14.6 Å². The highest BCUT2D eigenvalue weighted by molar-refractivity contribution is 7.89. The molecular weight excluding hydrogens is 484 g/mol. The monoisotopic (exact) mass is 508 g/mol. The normalized spacial score (nSPS) is 14.6. The number of furan rings is 1. The largest absolute Gasteiger partial charge is 0.463 e. The number of nitrogens with zero attached hydrogens (tertiary/aromatic N) is 4. The first kappa shape index (κ1) is 23.7. The van der Waals surface area contributed by atoms with Crippen molar-refractivity contribution in [3.63, 3.8) is 0 Å². The first-order chi connectivity index (χ1) is 17.3. The number of carbonyl (C=O) groups is 1. The number of H-pyrrole nitrogens is 1. The SMILES string of the molecule is Cc1cc(=O)[nH]c(-n2nc(-c3ccco3)cc2NC(=O)c2ccc(S(=O)(=O)N3CCCCC3)cc2)n1. The van der Waals surface area contributed by atoms with Gasteiger partial charge in [0.15, 0.2) is 5.76 Å². The van der Waals surface area contributed by atoms with Crippen LogP contribution in [0, 0.1) is 6.92 Å². The molecular formula is C24H24N6O5S. The van der Waals surface area contributed by atoms with Crippen molar-refractivity contribution in [2.45, 2.75) is 31.1 Å². The zero-order valence-corrected chi connectivity index (χ0v) is 20.3. The summed E-state index contributed by atoms with van der Waals surface area (Å²) in [6.45, 7) is 2.68.